The maximum Gasteiger partial charge on any atom is 0.264 e. The van der Waals surface area contributed by atoms with Gasteiger partial charge in [0.25, 0.3) is 7.37 Å². The molecule has 2 aromatic carbocycles. The predicted molar refractivity (Wildman–Crippen MR) is 130 cm³/mol. The van der Waals surface area contributed by atoms with E-state index in [-0.39, 0.29) is 6.10 Å². The van der Waals surface area contributed by atoms with E-state index in [4.69, 9.17) is 4.52 Å². The maximum absolute atomic E-state index is 14.5. The fraction of sp³-hybridized carbons (Fsp3) is 0.538. The zero-order chi connectivity index (χ0) is 22.8. The molecule has 1 saturated carbocycles. The van der Waals surface area contributed by atoms with Gasteiger partial charge in [-0.3, -0.25) is 4.57 Å². The second-order valence-corrected chi connectivity index (χ2v) is 12.2. The highest BCUT2D eigenvalue weighted by Gasteiger charge is 2.42. The van der Waals surface area contributed by atoms with Crippen LogP contribution in [0.25, 0.3) is 0 Å². The molecule has 0 aromatic heterocycles. The number of aliphatic hydroxyl groups excluding tert-OH is 1. The van der Waals surface area contributed by atoms with E-state index in [1.54, 1.807) is 0 Å². The second kappa shape index (κ2) is 9.90. The monoisotopic (exact) mass is 443 g/mol. The van der Waals surface area contributed by atoms with E-state index in [9.17, 15) is 9.67 Å². The normalized spacial score (nSPS) is 24.6. The Hall–Kier alpha value is -1.61. The van der Waals surface area contributed by atoms with Gasteiger partial charge >= 0.3 is 0 Å². The van der Waals surface area contributed by atoms with Gasteiger partial charge in [-0.15, -0.1) is 0 Å². The largest absolute Gasteiger partial charge is 0.378 e. The molecule has 31 heavy (non-hydrogen) atoms. The molecule has 0 saturated heterocycles. The topological polar surface area (TPSA) is 49.8 Å². The van der Waals surface area contributed by atoms with Crippen molar-refractivity contribution in [3.05, 3.63) is 59.7 Å². The third kappa shape index (κ3) is 5.42. The van der Waals surface area contributed by atoms with Gasteiger partial charge in [-0.1, -0.05) is 57.0 Å². The number of rotatable bonds is 7. The van der Waals surface area contributed by atoms with Crippen molar-refractivity contribution >= 4 is 18.4 Å². The molecule has 170 valence electrons. The van der Waals surface area contributed by atoms with E-state index in [0.29, 0.717) is 28.6 Å². The summed E-state index contributed by atoms with van der Waals surface area (Å²) in [5.74, 6) is 0.124. The van der Waals surface area contributed by atoms with E-state index >= 15 is 0 Å². The van der Waals surface area contributed by atoms with Gasteiger partial charge in [0.05, 0.1) is 6.10 Å². The molecular weight excluding hydrogens is 405 g/mol. The Morgan fingerprint density at radius 3 is 2.19 bits per heavy atom. The molecule has 0 bridgehead atoms. The van der Waals surface area contributed by atoms with Crippen LogP contribution in [0.1, 0.15) is 57.0 Å². The zero-order valence-corrected chi connectivity index (χ0v) is 20.7. The van der Waals surface area contributed by atoms with Crippen molar-refractivity contribution in [3.8, 4) is 0 Å². The van der Waals surface area contributed by atoms with Crippen LogP contribution in [0.15, 0.2) is 48.5 Å². The Balaban J connectivity index is 2.02. The van der Waals surface area contributed by atoms with Gasteiger partial charge in [0.2, 0.25) is 0 Å². The molecule has 5 atom stereocenters. The smallest absolute Gasteiger partial charge is 0.264 e. The van der Waals surface area contributed by atoms with Gasteiger partial charge in [0, 0.05) is 25.1 Å². The molecule has 1 aliphatic carbocycles. The van der Waals surface area contributed by atoms with Crippen LogP contribution >= 0.6 is 7.37 Å². The van der Waals surface area contributed by atoms with Crippen molar-refractivity contribution in [2.45, 2.75) is 58.9 Å². The molecule has 0 aliphatic heterocycles. The lowest BCUT2D eigenvalue weighted by Gasteiger charge is -2.40. The van der Waals surface area contributed by atoms with Gasteiger partial charge < -0.3 is 14.5 Å². The van der Waals surface area contributed by atoms with Crippen molar-refractivity contribution in [3.63, 3.8) is 0 Å². The molecule has 0 unspecified atom stereocenters. The number of aryl methyl sites for hydroxylation is 1. The summed E-state index contributed by atoms with van der Waals surface area (Å²) in [5, 5.41) is 12.0. The standard InChI is InChI=1S/C26H38NO3P/c1-18(2)24-16-9-20(4)17-25(24)30-31(29,23-14-12-22(13-15-23)27(5)6)26(28)21-10-7-19(3)8-11-21/h7-8,10-15,18,20,24-26,28H,9,16-17H2,1-6H3/t20-,24+,25+,26-,31+/m0/s1. The SMILES string of the molecule is Cc1ccc([C@@H](O)[P@](=O)(O[C@@H]2C[C@@H](C)CC[C@@H]2C(C)C)c2ccc(N(C)C)cc2)cc1. The summed E-state index contributed by atoms with van der Waals surface area (Å²) in [5.41, 5.74) is 2.75. The molecule has 0 radical (unpaired) electrons. The van der Waals surface area contributed by atoms with Gasteiger partial charge in [-0.2, -0.15) is 0 Å². The summed E-state index contributed by atoms with van der Waals surface area (Å²) in [6, 6.07) is 15.2. The van der Waals surface area contributed by atoms with Crippen molar-refractivity contribution in [1.29, 1.82) is 0 Å². The summed E-state index contributed by atoms with van der Waals surface area (Å²) in [6.07, 6.45) is 3.00. The Kier molecular flexibility index (Phi) is 7.68. The van der Waals surface area contributed by atoms with Gasteiger partial charge in [0.15, 0.2) is 5.85 Å². The fourth-order valence-electron chi connectivity index (χ4n) is 4.59. The Morgan fingerprint density at radius 1 is 1.03 bits per heavy atom. The van der Waals surface area contributed by atoms with E-state index in [2.05, 4.69) is 20.8 Å². The van der Waals surface area contributed by atoms with Crippen LogP contribution in [0, 0.1) is 24.7 Å². The maximum atomic E-state index is 14.5. The number of hydrogen-bond acceptors (Lipinski definition) is 4. The van der Waals surface area contributed by atoms with Gasteiger partial charge in [-0.05, 0) is 67.3 Å². The lowest BCUT2D eigenvalue weighted by atomic mass is 9.75. The third-order valence-corrected chi connectivity index (χ3v) is 9.22. The molecule has 2 aromatic rings. The van der Waals surface area contributed by atoms with Crippen molar-refractivity contribution < 1.29 is 14.2 Å². The molecule has 0 heterocycles. The molecule has 0 amide bonds. The first-order valence-corrected chi connectivity index (χ1v) is 13.1. The second-order valence-electron chi connectivity index (χ2n) is 9.76. The first-order chi connectivity index (χ1) is 14.6. The summed E-state index contributed by atoms with van der Waals surface area (Å²) < 4.78 is 21.1. The molecule has 1 N–H and O–H groups in total. The number of aliphatic hydroxyl groups is 1. The van der Waals surface area contributed by atoms with E-state index in [1.165, 1.54) is 6.42 Å². The highest BCUT2D eigenvalue weighted by molar-refractivity contribution is 7.67. The molecule has 0 spiro atoms. The summed E-state index contributed by atoms with van der Waals surface area (Å²) >= 11 is 0. The highest BCUT2D eigenvalue weighted by Crippen LogP contribution is 2.60. The molecule has 4 nitrogen and oxygen atoms in total. The highest BCUT2D eigenvalue weighted by atomic mass is 31.2. The summed E-state index contributed by atoms with van der Waals surface area (Å²) in [6.45, 7) is 8.66. The number of anilines is 1. The lowest BCUT2D eigenvalue weighted by molar-refractivity contribution is 0.0427. The van der Waals surface area contributed by atoms with Gasteiger partial charge in [0.1, 0.15) is 0 Å². The van der Waals surface area contributed by atoms with E-state index in [0.717, 1.165) is 24.1 Å². The summed E-state index contributed by atoms with van der Waals surface area (Å²) in [4.78, 5) is 2.00. The minimum atomic E-state index is -3.58. The number of nitrogens with zero attached hydrogens (tertiary/aromatic N) is 1. The first kappa shape index (κ1) is 24.0. The third-order valence-electron chi connectivity index (χ3n) is 6.68. The zero-order valence-electron chi connectivity index (χ0n) is 19.8. The predicted octanol–water partition coefficient (Wildman–Crippen LogP) is 6.13. The minimum Gasteiger partial charge on any atom is -0.378 e. The molecule has 5 heteroatoms. The van der Waals surface area contributed by atoms with E-state index < -0.39 is 13.2 Å². The molecule has 1 aliphatic rings. The Bertz CT molecular complexity index is 892. The van der Waals surface area contributed by atoms with Crippen LogP contribution < -0.4 is 10.2 Å². The first-order valence-electron chi connectivity index (χ1n) is 11.4. The Morgan fingerprint density at radius 2 is 1.65 bits per heavy atom. The fourth-order valence-corrected chi connectivity index (χ4v) is 6.88. The molecule has 1 fully saturated rings. The van der Waals surface area contributed by atoms with Crippen LogP contribution in [0.3, 0.4) is 0 Å². The van der Waals surface area contributed by atoms with Gasteiger partial charge in [-0.25, -0.2) is 0 Å². The Labute approximate surface area is 188 Å². The van der Waals surface area contributed by atoms with Crippen molar-refractivity contribution in [1.82, 2.24) is 0 Å². The van der Waals surface area contributed by atoms with Crippen molar-refractivity contribution in [2.75, 3.05) is 19.0 Å². The van der Waals surface area contributed by atoms with Crippen LogP contribution in [0.4, 0.5) is 5.69 Å². The molecular formula is C26H38NO3P. The van der Waals surface area contributed by atoms with E-state index in [1.807, 2.05) is 74.4 Å². The minimum absolute atomic E-state index is 0.122. The number of hydrogen-bond donors (Lipinski definition) is 1. The number of benzene rings is 2. The quantitative estimate of drug-likeness (QED) is 0.523. The van der Waals surface area contributed by atoms with Crippen molar-refractivity contribution in [2.24, 2.45) is 17.8 Å². The lowest BCUT2D eigenvalue weighted by Crippen LogP contribution is -2.35. The average Bonchev–Trinajstić information content (AvgIpc) is 2.73. The van der Waals surface area contributed by atoms with Crippen LogP contribution in [0.2, 0.25) is 0 Å². The van der Waals surface area contributed by atoms with Crippen LogP contribution in [0.5, 0.6) is 0 Å². The van der Waals surface area contributed by atoms with Crippen LogP contribution in [-0.4, -0.2) is 25.3 Å². The van der Waals surface area contributed by atoms with Crippen LogP contribution in [-0.2, 0) is 9.09 Å². The average molecular weight is 444 g/mol. The summed E-state index contributed by atoms with van der Waals surface area (Å²) in [7, 11) is 0.365. The molecule has 3 rings (SSSR count).